The molecular formula is C30H54O13. The fraction of sp³-hybridized carbons (Fsp3) is 0.867. The molecule has 0 bridgehead atoms. The molecule has 13 heteroatoms. The van der Waals surface area contributed by atoms with Crippen LogP contribution in [0.3, 0.4) is 0 Å². The Kier molecular flexibility index (Phi) is 39.3. The van der Waals surface area contributed by atoms with E-state index in [9.17, 15) is 0 Å². The average Bonchev–Trinajstić information content (AvgIpc) is 3.02. The van der Waals surface area contributed by atoms with E-state index >= 15 is 0 Å². The lowest BCUT2D eigenvalue weighted by Gasteiger charge is -2.09. The van der Waals surface area contributed by atoms with Gasteiger partial charge in [0, 0.05) is 0 Å². The molecule has 13 nitrogen and oxygen atoms in total. The molecule has 0 saturated heterocycles. The Morgan fingerprint density at radius 3 is 0.442 bits per heavy atom. The summed E-state index contributed by atoms with van der Waals surface area (Å²) < 4.78 is 69.8. The first kappa shape index (κ1) is 41.6. The van der Waals surface area contributed by atoms with Gasteiger partial charge < -0.3 is 61.6 Å². The highest BCUT2D eigenvalue weighted by atomic mass is 16.6. The van der Waals surface area contributed by atoms with Crippen LogP contribution in [0, 0.1) is 24.7 Å². The quantitative estimate of drug-likeness (QED) is 0.0702. The second-order valence-corrected chi connectivity index (χ2v) is 8.25. The Labute approximate surface area is 258 Å². The Balaban J connectivity index is 3.03. The first-order valence-electron chi connectivity index (χ1n) is 14.8. The summed E-state index contributed by atoms with van der Waals surface area (Å²) in [7, 11) is 0. The van der Waals surface area contributed by atoms with Gasteiger partial charge in [-0.25, -0.2) is 0 Å². The number of hydrogen-bond donors (Lipinski definition) is 0. The molecule has 0 aromatic rings. The summed E-state index contributed by atoms with van der Waals surface area (Å²) in [5.74, 6) is 4.79. The van der Waals surface area contributed by atoms with Gasteiger partial charge in [0.05, 0.1) is 159 Å². The summed E-state index contributed by atoms with van der Waals surface area (Å²) in [4.78, 5) is 0. The van der Waals surface area contributed by atoms with E-state index in [1.165, 1.54) is 0 Å². The number of rotatable bonds is 38. The maximum atomic E-state index is 5.47. The molecule has 0 saturated carbocycles. The van der Waals surface area contributed by atoms with Crippen molar-refractivity contribution >= 4 is 0 Å². The second kappa shape index (κ2) is 40.6. The molecular weight excluding hydrogens is 568 g/mol. The summed E-state index contributed by atoms with van der Waals surface area (Å²) in [5.41, 5.74) is 0. The average molecular weight is 623 g/mol. The van der Waals surface area contributed by atoms with E-state index in [1.54, 1.807) is 0 Å². The molecule has 0 amide bonds. The highest BCUT2D eigenvalue weighted by Crippen LogP contribution is 1.87. The van der Waals surface area contributed by atoms with Gasteiger partial charge in [-0.3, -0.25) is 0 Å². The predicted molar refractivity (Wildman–Crippen MR) is 158 cm³/mol. The van der Waals surface area contributed by atoms with Gasteiger partial charge in [0.2, 0.25) is 0 Å². The van der Waals surface area contributed by atoms with Crippen molar-refractivity contribution in [2.75, 3.05) is 172 Å². The monoisotopic (exact) mass is 622 g/mol. The van der Waals surface area contributed by atoms with E-state index in [4.69, 9.17) is 74.4 Å². The third-order valence-electron chi connectivity index (χ3n) is 4.83. The summed E-state index contributed by atoms with van der Waals surface area (Å²) in [6.45, 7) is 12.7. The van der Waals surface area contributed by atoms with Gasteiger partial charge in [-0.1, -0.05) is 11.8 Å². The summed E-state index contributed by atoms with van der Waals surface area (Å²) >= 11 is 0. The molecule has 0 N–H and O–H groups in total. The highest BCUT2D eigenvalue weighted by molar-refractivity contribution is 4.83. The zero-order valence-electron chi connectivity index (χ0n) is 25.8. The lowest BCUT2D eigenvalue weighted by atomic mass is 10.6. The topological polar surface area (TPSA) is 120 Å². The zero-order valence-corrected chi connectivity index (χ0v) is 25.8. The third-order valence-corrected chi connectivity index (χ3v) is 4.83. The van der Waals surface area contributed by atoms with Crippen molar-refractivity contribution in [1.29, 1.82) is 0 Å². The van der Waals surface area contributed by atoms with Crippen LogP contribution in [0.15, 0.2) is 0 Å². The first-order valence-corrected chi connectivity index (χ1v) is 14.8. The standard InChI is InChI=1S/C30H54O13/c1-3-5-31-7-9-33-11-13-35-15-17-37-19-21-39-23-25-41-27-29-43-30-28-42-26-24-40-22-20-38-18-16-36-14-12-34-10-8-32-6-4-2/h1-2H,5-30H2. The van der Waals surface area contributed by atoms with Crippen molar-refractivity contribution in [3.8, 4) is 24.7 Å². The smallest absolute Gasteiger partial charge is 0.107 e. The SMILES string of the molecule is C#CCOCCOCCOCCOCCOCCOCCOCCOCCOCCOCCOCCOCCOCC#C. The van der Waals surface area contributed by atoms with E-state index in [0.29, 0.717) is 172 Å². The molecule has 0 rings (SSSR count). The minimum Gasteiger partial charge on any atom is -0.377 e. The van der Waals surface area contributed by atoms with Gasteiger partial charge in [0.15, 0.2) is 0 Å². The molecule has 0 aromatic carbocycles. The van der Waals surface area contributed by atoms with E-state index in [-0.39, 0.29) is 0 Å². The van der Waals surface area contributed by atoms with Gasteiger partial charge in [0.25, 0.3) is 0 Å². The summed E-state index contributed by atoms with van der Waals surface area (Å²) in [6, 6.07) is 0. The van der Waals surface area contributed by atoms with Gasteiger partial charge in [0.1, 0.15) is 13.2 Å². The van der Waals surface area contributed by atoms with Crippen LogP contribution in [0.5, 0.6) is 0 Å². The van der Waals surface area contributed by atoms with E-state index < -0.39 is 0 Å². The van der Waals surface area contributed by atoms with Crippen molar-refractivity contribution in [2.24, 2.45) is 0 Å². The van der Waals surface area contributed by atoms with Crippen LogP contribution in [0.4, 0.5) is 0 Å². The van der Waals surface area contributed by atoms with Gasteiger partial charge >= 0.3 is 0 Å². The maximum Gasteiger partial charge on any atom is 0.107 e. The first-order chi connectivity index (χ1) is 21.4. The minimum atomic E-state index is 0.306. The summed E-state index contributed by atoms with van der Waals surface area (Å²) in [5, 5.41) is 0. The Morgan fingerprint density at radius 1 is 0.209 bits per heavy atom. The fourth-order valence-corrected chi connectivity index (χ4v) is 2.80. The summed E-state index contributed by atoms with van der Waals surface area (Å²) in [6.07, 6.45) is 10.2. The molecule has 0 fully saturated rings. The number of ether oxygens (including phenoxy) is 13. The molecule has 0 aliphatic rings. The van der Waals surface area contributed by atoms with Crippen molar-refractivity contribution in [3.05, 3.63) is 0 Å². The Bertz CT molecular complexity index is 548. The molecule has 0 aromatic heterocycles. The van der Waals surface area contributed by atoms with Crippen molar-refractivity contribution < 1.29 is 61.6 Å². The van der Waals surface area contributed by atoms with Crippen LogP contribution in [0.25, 0.3) is 0 Å². The van der Waals surface area contributed by atoms with Gasteiger partial charge in [-0.15, -0.1) is 12.8 Å². The van der Waals surface area contributed by atoms with Crippen LogP contribution in [-0.2, 0) is 61.6 Å². The molecule has 0 radical (unpaired) electrons. The van der Waals surface area contributed by atoms with Crippen LogP contribution in [0.2, 0.25) is 0 Å². The van der Waals surface area contributed by atoms with E-state index in [0.717, 1.165) is 0 Å². The Morgan fingerprint density at radius 2 is 0.326 bits per heavy atom. The molecule has 0 unspecified atom stereocenters. The van der Waals surface area contributed by atoms with Crippen molar-refractivity contribution in [1.82, 2.24) is 0 Å². The predicted octanol–water partition coefficient (Wildman–Crippen LogP) is 0.469. The van der Waals surface area contributed by atoms with Gasteiger partial charge in [-0.05, 0) is 0 Å². The largest absolute Gasteiger partial charge is 0.377 e. The lowest BCUT2D eigenvalue weighted by Crippen LogP contribution is -2.15. The molecule has 0 aliphatic carbocycles. The van der Waals surface area contributed by atoms with E-state index in [1.807, 2.05) is 0 Å². The molecule has 0 atom stereocenters. The zero-order chi connectivity index (χ0) is 31.0. The number of terminal acetylenes is 2. The van der Waals surface area contributed by atoms with Crippen molar-refractivity contribution in [3.63, 3.8) is 0 Å². The minimum absolute atomic E-state index is 0.306. The molecule has 252 valence electrons. The molecule has 0 heterocycles. The second-order valence-electron chi connectivity index (χ2n) is 8.25. The third kappa shape index (κ3) is 40.6. The van der Waals surface area contributed by atoms with Crippen molar-refractivity contribution in [2.45, 2.75) is 0 Å². The van der Waals surface area contributed by atoms with Crippen LogP contribution in [0.1, 0.15) is 0 Å². The highest BCUT2D eigenvalue weighted by Gasteiger charge is 1.96. The van der Waals surface area contributed by atoms with Gasteiger partial charge in [-0.2, -0.15) is 0 Å². The lowest BCUT2D eigenvalue weighted by molar-refractivity contribution is -0.0287. The molecule has 0 aliphatic heterocycles. The molecule has 0 spiro atoms. The van der Waals surface area contributed by atoms with Crippen LogP contribution >= 0.6 is 0 Å². The van der Waals surface area contributed by atoms with Crippen LogP contribution in [-0.4, -0.2) is 172 Å². The normalized spacial score (nSPS) is 11.1. The van der Waals surface area contributed by atoms with E-state index in [2.05, 4.69) is 11.8 Å². The number of hydrogen-bond acceptors (Lipinski definition) is 13. The van der Waals surface area contributed by atoms with Crippen LogP contribution < -0.4 is 0 Å². The fourth-order valence-electron chi connectivity index (χ4n) is 2.80. The molecule has 43 heavy (non-hydrogen) atoms. The maximum absolute atomic E-state index is 5.47. The Hall–Kier alpha value is -1.40.